The predicted octanol–water partition coefficient (Wildman–Crippen LogP) is 2.82. The smallest absolute Gasteiger partial charge is 0.426 e. The van der Waals surface area contributed by atoms with Crippen LogP contribution in [-0.2, 0) is 16.1 Å². The Morgan fingerprint density at radius 3 is 2.23 bits per heavy atom. The van der Waals surface area contributed by atoms with E-state index >= 15 is 0 Å². The number of hydrogen-bond donors (Lipinski definition) is 1. The number of nitrogens with zero attached hydrogens (tertiary/aromatic N) is 3. The molecule has 0 radical (unpaired) electrons. The number of alkyl halides is 6. The summed E-state index contributed by atoms with van der Waals surface area (Å²) >= 11 is 0. The van der Waals surface area contributed by atoms with E-state index in [0.717, 1.165) is 4.90 Å². The lowest BCUT2D eigenvalue weighted by Gasteiger charge is -2.33. The highest BCUT2D eigenvalue weighted by Crippen LogP contribution is 2.59. The van der Waals surface area contributed by atoms with E-state index in [-0.39, 0.29) is 44.3 Å². The highest BCUT2D eigenvalue weighted by atomic mass is 19.4. The molecule has 1 saturated heterocycles. The first-order valence-corrected chi connectivity index (χ1v) is 9.03. The van der Waals surface area contributed by atoms with Crippen LogP contribution in [0.15, 0.2) is 18.7 Å². The molecular weight excluding hydrogens is 422 g/mol. The first-order chi connectivity index (χ1) is 13.9. The molecule has 1 aliphatic heterocycles. The number of halogens is 6. The summed E-state index contributed by atoms with van der Waals surface area (Å²) in [4.78, 5) is 32.6. The minimum absolute atomic E-state index is 0.0857. The van der Waals surface area contributed by atoms with Crippen LogP contribution in [0.4, 0.5) is 31.1 Å². The van der Waals surface area contributed by atoms with Gasteiger partial charge in [0.1, 0.15) is 6.33 Å². The van der Waals surface area contributed by atoms with Crippen molar-refractivity contribution in [2.24, 2.45) is 11.3 Å². The molecule has 1 atom stereocenters. The van der Waals surface area contributed by atoms with Crippen LogP contribution in [0.3, 0.4) is 0 Å². The molecule has 30 heavy (non-hydrogen) atoms. The fourth-order valence-electron chi connectivity index (χ4n) is 3.63. The van der Waals surface area contributed by atoms with Gasteiger partial charge < -0.3 is 15.0 Å². The fraction of sp³-hybridized carbons (Fsp3) is 0.647. The molecule has 166 valence electrons. The van der Waals surface area contributed by atoms with Gasteiger partial charge in [-0.1, -0.05) is 0 Å². The van der Waals surface area contributed by atoms with Crippen molar-refractivity contribution in [3.05, 3.63) is 24.3 Å². The van der Waals surface area contributed by atoms with Crippen molar-refractivity contribution in [2.45, 2.75) is 44.3 Å². The normalized spacial score (nSPS) is 20.9. The van der Waals surface area contributed by atoms with Crippen molar-refractivity contribution < 1.29 is 40.7 Å². The Balaban J connectivity index is 1.49. The van der Waals surface area contributed by atoms with Crippen LogP contribution in [0.1, 0.15) is 24.8 Å². The Morgan fingerprint density at radius 1 is 1.13 bits per heavy atom. The SMILES string of the molecule is O=C(NCc1cncnc1)[C@H]1CC12CCN(C(=O)OC(C(F)(F)F)C(F)(F)F)CC2. The van der Waals surface area contributed by atoms with Crippen LogP contribution in [-0.4, -0.2) is 58.4 Å². The molecule has 1 saturated carbocycles. The van der Waals surface area contributed by atoms with E-state index in [1.165, 1.54) is 6.33 Å². The molecule has 1 N–H and O–H groups in total. The summed E-state index contributed by atoms with van der Waals surface area (Å²) in [7, 11) is 0. The van der Waals surface area contributed by atoms with Gasteiger partial charge in [-0.15, -0.1) is 0 Å². The maximum absolute atomic E-state index is 12.5. The van der Waals surface area contributed by atoms with Crippen LogP contribution >= 0.6 is 0 Å². The van der Waals surface area contributed by atoms with Gasteiger partial charge in [-0.2, -0.15) is 26.3 Å². The molecule has 0 aromatic carbocycles. The van der Waals surface area contributed by atoms with E-state index in [9.17, 15) is 35.9 Å². The van der Waals surface area contributed by atoms with E-state index in [0.29, 0.717) is 12.0 Å². The van der Waals surface area contributed by atoms with E-state index in [2.05, 4.69) is 20.0 Å². The van der Waals surface area contributed by atoms with Crippen molar-refractivity contribution in [1.82, 2.24) is 20.2 Å². The van der Waals surface area contributed by atoms with Gasteiger partial charge in [0, 0.05) is 43.5 Å². The average Bonchev–Trinajstić information content (AvgIpc) is 3.37. The molecule has 2 heterocycles. The molecule has 0 bridgehead atoms. The Kier molecular flexibility index (Phi) is 5.83. The zero-order chi connectivity index (χ0) is 22.2. The van der Waals surface area contributed by atoms with Crippen molar-refractivity contribution in [3.63, 3.8) is 0 Å². The maximum Gasteiger partial charge on any atom is 0.434 e. The van der Waals surface area contributed by atoms with E-state index in [1.807, 2.05) is 0 Å². The molecule has 1 spiro atoms. The number of ether oxygens (including phenoxy) is 1. The van der Waals surface area contributed by atoms with Crippen LogP contribution in [0.5, 0.6) is 0 Å². The van der Waals surface area contributed by atoms with Crippen molar-refractivity contribution in [3.8, 4) is 0 Å². The summed E-state index contributed by atoms with van der Waals surface area (Å²) in [6.45, 7) is 0.0656. The minimum Gasteiger partial charge on any atom is -0.426 e. The molecule has 7 nitrogen and oxygen atoms in total. The lowest BCUT2D eigenvalue weighted by molar-refractivity contribution is -0.308. The Labute approximate surface area is 166 Å². The third-order valence-electron chi connectivity index (χ3n) is 5.42. The summed E-state index contributed by atoms with van der Waals surface area (Å²) in [5, 5.41) is 2.75. The molecule has 2 fully saturated rings. The largest absolute Gasteiger partial charge is 0.434 e. The van der Waals surface area contributed by atoms with Crippen LogP contribution < -0.4 is 5.32 Å². The van der Waals surface area contributed by atoms with Gasteiger partial charge in [0.2, 0.25) is 5.91 Å². The Hall–Kier alpha value is -2.60. The second-order valence-electron chi connectivity index (χ2n) is 7.42. The standard InChI is InChI=1S/C17H18F6N4O3/c18-16(19,20)13(17(21,22)23)30-14(29)27-3-1-15(2-4-27)5-11(15)12(28)26-8-10-6-24-9-25-7-10/h6-7,9,11,13H,1-5,8H2,(H,26,28)/t11-/m1/s1. The number of nitrogens with one attached hydrogen (secondary N) is 1. The van der Waals surface area contributed by atoms with Gasteiger partial charge in [0.15, 0.2) is 0 Å². The lowest BCUT2D eigenvalue weighted by atomic mass is 9.91. The number of likely N-dealkylation sites (tertiary alicyclic amines) is 1. The van der Waals surface area contributed by atoms with E-state index in [1.54, 1.807) is 12.4 Å². The van der Waals surface area contributed by atoms with Gasteiger partial charge in [0.25, 0.3) is 6.10 Å². The summed E-state index contributed by atoms with van der Waals surface area (Å²) < 4.78 is 79.0. The second-order valence-corrected chi connectivity index (χ2v) is 7.42. The Bertz CT molecular complexity index is 764. The fourth-order valence-corrected chi connectivity index (χ4v) is 3.63. The van der Waals surface area contributed by atoms with E-state index in [4.69, 9.17) is 0 Å². The van der Waals surface area contributed by atoms with Crippen molar-refractivity contribution >= 4 is 12.0 Å². The van der Waals surface area contributed by atoms with Gasteiger partial charge in [-0.3, -0.25) is 4.79 Å². The second kappa shape index (κ2) is 7.91. The van der Waals surface area contributed by atoms with Crippen LogP contribution in [0, 0.1) is 11.3 Å². The third kappa shape index (κ3) is 4.93. The molecule has 13 heteroatoms. The molecule has 0 unspecified atom stereocenters. The van der Waals surface area contributed by atoms with Gasteiger partial charge in [-0.25, -0.2) is 14.8 Å². The molecule has 1 aromatic rings. The van der Waals surface area contributed by atoms with Gasteiger partial charge in [-0.05, 0) is 24.7 Å². The summed E-state index contributed by atoms with van der Waals surface area (Å²) in [6.07, 6.45) is -11.8. The zero-order valence-corrected chi connectivity index (χ0v) is 15.5. The summed E-state index contributed by atoms with van der Waals surface area (Å²) in [5.74, 6) is -0.525. The number of rotatable bonds is 4. The zero-order valence-electron chi connectivity index (χ0n) is 15.5. The molecule has 1 aliphatic carbocycles. The molecule has 2 aliphatic rings. The highest BCUT2D eigenvalue weighted by Gasteiger charge is 2.61. The maximum atomic E-state index is 12.5. The number of aromatic nitrogens is 2. The number of amides is 2. The first kappa shape index (κ1) is 22.1. The third-order valence-corrected chi connectivity index (χ3v) is 5.42. The quantitative estimate of drug-likeness (QED) is 0.728. The molecule has 1 aromatic heterocycles. The summed E-state index contributed by atoms with van der Waals surface area (Å²) in [5.41, 5.74) is 0.309. The monoisotopic (exact) mass is 440 g/mol. The molecule has 2 amide bonds. The summed E-state index contributed by atoms with van der Waals surface area (Å²) in [6, 6.07) is 0. The lowest BCUT2D eigenvalue weighted by Crippen LogP contribution is -2.49. The number of carbonyl (C=O) groups excluding carboxylic acids is 2. The molecular formula is C17H18F6N4O3. The van der Waals surface area contributed by atoms with Crippen molar-refractivity contribution in [2.75, 3.05) is 13.1 Å². The first-order valence-electron chi connectivity index (χ1n) is 9.03. The number of piperidine rings is 1. The Morgan fingerprint density at radius 2 is 1.70 bits per heavy atom. The molecule has 3 rings (SSSR count). The minimum atomic E-state index is -5.76. The van der Waals surface area contributed by atoms with Crippen molar-refractivity contribution in [1.29, 1.82) is 0 Å². The van der Waals surface area contributed by atoms with Gasteiger partial charge >= 0.3 is 18.4 Å². The van der Waals surface area contributed by atoms with Crippen LogP contribution in [0.2, 0.25) is 0 Å². The van der Waals surface area contributed by atoms with Crippen LogP contribution in [0.25, 0.3) is 0 Å². The van der Waals surface area contributed by atoms with Gasteiger partial charge in [0.05, 0.1) is 0 Å². The number of carbonyl (C=O) groups is 2. The number of hydrogen-bond acceptors (Lipinski definition) is 5. The average molecular weight is 440 g/mol. The highest BCUT2D eigenvalue weighted by molar-refractivity contribution is 5.82. The van der Waals surface area contributed by atoms with E-state index < -0.39 is 30.0 Å². The topological polar surface area (TPSA) is 84.4 Å². The predicted molar refractivity (Wildman–Crippen MR) is 87.6 cm³/mol.